The summed E-state index contributed by atoms with van der Waals surface area (Å²) in [6, 6.07) is 39.5. The van der Waals surface area contributed by atoms with E-state index in [0.717, 1.165) is 22.3 Å². The lowest BCUT2D eigenvalue weighted by Gasteiger charge is -2.46. The molecule has 0 saturated carbocycles. The Morgan fingerprint density at radius 2 is 1.17 bits per heavy atom. The normalized spacial score (nSPS) is 26.2. The van der Waals surface area contributed by atoms with Crippen molar-refractivity contribution in [3.63, 3.8) is 0 Å². The van der Waals surface area contributed by atoms with Crippen molar-refractivity contribution in [1.82, 2.24) is 0 Å². The highest BCUT2D eigenvalue weighted by molar-refractivity contribution is 5.67. The molecule has 0 N–H and O–H groups in total. The van der Waals surface area contributed by atoms with Gasteiger partial charge in [0, 0.05) is 26.2 Å². The second-order valence-corrected chi connectivity index (χ2v) is 17.2. The van der Waals surface area contributed by atoms with Gasteiger partial charge in [0.1, 0.15) is 37.1 Å². The Hall–Kier alpha value is -5.45. The van der Waals surface area contributed by atoms with Crippen molar-refractivity contribution in [3.05, 3.63) is 156 Å². The quantitative estimate of drug-likeness (QED) is 0.0423. The van der Waals surface area contributed by atoms with Crippen LogP contribution in [0.3, 0.4) is 0 Å². The average Bonchev–Trinajstić information content (AvgIpc) is 3.84. The minimum Gasteiger partial charge on any atom is -0.462 e. The number of hydrogen-bond acceptors (Lipinski definition) is 14. The first kappa shape index (κ1) is 48.5. The van der Waals surface area contributed by atoms with Crippen molar-refractivity contribution < 1.29 is 66.5 Å². The molecule has 4 aromatic carbocycles. The summed E-state index contributed by atoms with van der Waals surface area (Å²) >= 11 is 0. The molecule has 0 aliphatic carbocycles. The van der Waals surface area contributed by atoms with Gasteiger partial charge in [-0.25, -0.2) is 4.79 Å². The Bertz CT molecular complexity index is 2150. The molecule has 66 heavy (non-hydrogen) atoms. The zero-order valence-corrected chi connectivity index (χ0v) is 37.9. The highest BCUT2D eigenvalue weighted by Crippen LogP contribution is 2.41. The van der Waals surface area contributed by atoms with Crippen molar-refractivity contribution >= 4 is 18.1 Å². The van der Waals surface area contributed by atoms with E-state index in [9.17, 15) is 14.4 Å². The van der Waals surface area contributed by atoms with E-state index in [1.54, 1.807) is 13.8 Å². The highest BCUT2D eigenvalue weighted by Gasteiger charge is 2.56. The van der Waals surface area contributed by atoms with E-state index in [1.807, 2.05) is 121 Å². The number of carbonyl (C=O) groups is 3. The Balaban J connectivity index is 1.19. The molecular formula is C52H60O14. The van der Waals surface area contributed by atoms with Crippen molar-refractivity contribution in [2.75, 3.05) is 13.2 Å². The summed E-state index contributed by atoms with van der Waals surface area (Å²) in [7, 11) is 0. The standard InChI is InChI=1S/C52H60O14/c1-34(27-42-47(64-51(55)63-42)49-48(65-52(4,5)66-49)44(61-36(3)54)33-57-35(2)53)26-41-45(58-29-38-20-12-7-13-21-38)43(32-56-28-37-18-10-6-11-19-37)62-50(60-31-40-24-16-9-17-25-40)46(41)59-30-39-22-14-8-15-23-39/h6-25,41-50H,1,26-33H2,2-5H3/t41-,42-,43+,44+,45+,46+,47-,48+,49+,50+/m0/s1. The third-order valence-electron chi connectivity index (χ3n) is 11.5. The van der Waals surface area contributed by atoms with Gasteiger partial charge in [-0.15, -0.1) is 0 Å². The molecule has 3 saturated heterocycles. The van der Waals surface area contributed by atoms with Gasteiger partial charge in [-0.3, -0.25) is 9.59 Å². The van der Waals surface area contributed by atoms with Gasteiger partial charge >= 0.3 is 18.1 Å². The molecule has 0 aromatic heterocycles. The molecule has 0 radical (unpaired) electrons. The van der Waals surface area contributed by atoms with Crippen LogP contribution >= 0.6 is 0 Å². The molecule has 0 spiro atoms. The zero-order chi connectivity index (χ0) is 46.5. The van der Waals surface area contributed by atoms with Crippen LogP contribution in [0.5, 0.6) is 0 Å². The molecule has 3 fully saturated rings. The zero-order valence-electron chi connectivity index (χ0n) is 37.9. The minimum atomic E-state index is -1.19. The molecule has 3 heterocycles. The maximum atomic E-state index is 13.0. The molecular weight excluding hydrogens is 849 g/mol. The fourth-order valence-electron chi connectivity index (χ4n) is 8.59. The first-order chi connectivity index (χ1) is 31.9. The molecule has 14 heteroatoms. The predicted octanol–water partition coefficient (Wildman–Crippen LogP) is 8.19. The predicted molar refractivity (Wildman–Crippen MR) is 239 cm³/mol. The summed E-state index contributed by atoms with van der Waals surface area (Å²) in [6.45, 7) is 11.4. The SMILES string of the molecule is C=C(C[C@H]1[C@@H](OCc2ccccc2)[C@@H](COCc2ccccc2)O[C@@H](OCc2ccccc2)[C@@H]1OCc1ccccc1)C[C@@H]1OC(=O)O[C@@H]1[C@H]1OC(C)(C)O[C@@H]1[C@@H](COC(C)=O)OC(C)=O. The summed E-state index contributed by atoms with van der Waals surface area (Å²) < 4.78 is 68.8. The second-order valence-electron chi connectivity index (χ2n) is 17.2. The van der Waals surface area contributed by atoms with Gasteiger partial charge in [0.05, 0.1) is 39.1 Å². The van der Waals surface area contributed by atoms with Crippen LogP contribution in [0.25, 0.3) is 0 Å². The molecule has 3 aliphatic rings. The van der Waals surface area contributed by atoms with E-state index in [-0.39, 0.29) is 39.5 Å². The molecule has 0 amide bonds. The number of rotatable bonds is 22. The van der Waals surface area contributed by atoms with E-state index in [2.05, 4.69) is 6.58 Å². The van der Waals surface area contributed by atoms with Gasteiger partial charge in [0.15, 0.2) is 24.3 Å². The van der Waals surface area contributed by atoms with Crippen molar-refractivity contribution in [2.24, 2.45) is 5.92 Å². The molecule has 0 unspecified atom stereocenters. The fourth-order valence-corrected chi connectivity index (χ4v) is 8.59. The Kier molecular flexibility index (Phi) is 17.1. The molecule has 10 atom stereocenters. The van der Waals surface area contributed by atoms with E-state index in [1.165, 1.54) is 13.8 Å². The lowest BCUT2D eigenvalue weighted by molar-refractivity contribution is -0.313. The summed E-state index contributed by atoms with van der Waals surface area (Å²) in [5, 5.41) is 0. The van der Waals surface area contributed by atoms with Gasteiger partial charge in [0.2, 0.25) is 0 Å². The maximum absolute atomic E-state index is 13.0. The molecule has 0 bridgehead atoms. The number of carbonyl (C=O) groups excluding carboxylic acids is 3. The van der Waals surface area contributed by atoms with Crippen molar-refractivity contribution in [3.8, 4) is 0 Å². The van der Waals surface area contributed by atoms with Gasteiger partial charge in [0.25, 0.3) is 0 Å². The van der Waals surface area contributed by atoms with E-state index in [0.29, 0.717) is 18.6 Å². The van der Waals surface area contributed by atoms with Gasteiger partial charge < -0.3 is 52.1 Å². The average molecular weight is 909 g/mol. The van der Waals surface area contributed by atoms with Gasteiger partial charge in [-0.2, -0.15) is 0 Å². The summed E-state index contributed by atoms with van der Waals surface area (Å²) in [4.78, 5) is 37.1. The smallest absolute Gasteiger partial charge is 0.462 e. The first-order valence-electron chi connectivity index (χ1n) is 22.3. The Morgan fingerprint density at radius 1 is 0.636 bits per heavy atom. The minimum absolute atomic E-state index is 0.143. The van der Waals surface area contributed by atoms with Gasteiger partial charge in [-0.05, 0) is 42.5 Å². The molecule has 14 nitrogen and oxygen atoms in total. The molecule has 4 aromatic rings. The molecule has 7 rings (SSSR count). The largest absolute Gasteiger partial charge is 0.509 e. The number of cyclic esters (lactones) is 2. The Morgan fingerprint density at radius 3 is 1.71 bits per heavy atom. The van der Waals surface area contributed by atoms with E-state index < -0.39 is 84.9 Å². The van der Waals surface area contributed by atoms with Crippen LogP contribution in [-0.2, 0) is 88.1 Å². The lowest BCUT2D eigenvalue weighted by Crippen LogP contribution is -2.58. The number of esters is 2. The fraction of sp³-hybridized carbons (Fsp3) is 0.442. The monoisotopic (exact) mass is 908 g/mol. The van der Waals surface area contributed by atoms with Crippen LogP contribution in [0.4, 0.5) is 4.79 Å². The van der Waals surface area contributed by atoms with Crippen LogP contribution in [0.2, 0.25) is 0 Å². The van der Waals surface area contributed by atoms with Crippen LogP contribution in [0.1, 0.15) is 62.8 Å². The lowest BCUT2D eigenvalue weighted by atomic mass is 9.82. The number of ether oxygens (including phenoxy) is 11. The summed E-state index contributed by atoms with van der Waals surface area (Å²) in [5.74, 6) is -2.82. The van der Waals surface area contributed by atoms with Crippen molar-refractivity contribution in [1.29, 1.82) is 0 Å². The summed E-state index contributed by atoms with van der Waals surface area (Å²) in [5.41, 5.74) is 4.59. The number of hydrogen-bond donors (Lipinski definition) is 0. The third kappa shape index (κ3) is 13.8. The number of benzene rings is 4. The summed E-state index contributed by atoms with van der Waals surface area (Å²) in [6.07, 6.45) is -8.20. The topological polar surface area (TPSA) is 153 Å². The molecule has 352 valence electrons. The van der Waals surface area contributed by atoms with Crippen LogP contribution in [0.15, 0.2) is 133 Å². The highest BCUT2D eigenvalue weighted by atomic mass is 16.8. The molecule has 3 aliphatic heterocycles. The van der Waals surface area contributed by atoms with Crippen LogP contribution in [0, 0.1) is 5.92 Å². The maximum Gasteiger partial charge on any atom is 0.509 e. The Labute approximate surface area is 386 Å². The second kappa shape index (κ2) is 23.3. The van der Waals surface area contributed by atoms with Crippen molar-refractivity contribution in [2.45, 2.75) is 128 Å². The first-order valence-corrected chi connectivity index (χ1v) is 22.3. The van der Waals surface area contributed by atoms with E-state index in [4.69, 9.17) is 52.1 Å². The van der Waals surface area contributed by atoms with Crippen LogP contribution in [-0.4, -0.2) is 92.2 Å². The van der Waals surface area contributed by atoms with Crippen LogP contribution < -0.4 is 0 Å². The van der Waals surface area contributed by atoms with E-state index >= 15 is 0 Å². The third-order valence-corrected chi connectivity index (χ3v) is 11.5. The van der Waals surface area contributed by atoms with Gasteiger partial charge in [-0.1, -0.05) is 133 Å².